The number of nitrogens with one attached hydrogen (secondary N) is 1. The summed E-state index contributed by atoms with van der Waals surface area (Å²) in [6, 6.07) is 23.1. The molecule has 0 saturated carbocycles. The molecule has 0 saturated heterocycles. The van der Waals surface area contributed by atoms with Crippen molar-refractivity contribution in [2.75, 3.05) is 5.32 Å². The van der Waals surface area contributed by atoms with E-state index >= 15 is 0 Å². The largest absolute Gasteiger partial charge is 0.339 e. The van der Waals surface area contributed by atoms with E-state index in [2.05, 4.69) is 65.8 Å². The van der Waals surface area contributed by atoms with E-state index in [1.54, 1.807) is 6.20 Å². The highest BCUT2D eigenvalue weighted by molar-refractivity contribution is 6.12. The number of benzene rings is 3. The molecule has 106 valence electrons. The SMILES string of the molecule is Cc1cccc2c(Nc3ccccn3)c3ccccc3cc12. The fraction of sp³-hybridized carbons (Fsp3) is 0.0500. The minimum Gasteiger partial charge on any atom is -0.339 e. The van der Waals surface area contributed by atoms with Gasteiger partial charge in [0.05, 0.1) is 5.69 Å². The zero-order valence-corrected chi connectivity index (χ0v) is 12.4. The number of hydrogen-bond acceptors (Lipinski definition) is 2. The highest BCUT2D eigenvalue weighted by Gasteiger charge is 2.09. The average Bonchev–Trinajstić information content (AvgIpc) is 2.57. The van der Waals surface area contributed by atoms with Crippen LogP contribution in [0.3, 0.4) is 0 Å². The highest BCUT2D eigenvalue weighted by Crippen LogP contribution is 2.35. The van der Waals surface area contributed by atoms with Gasteiger partial charge in [-0.2, -0.15) is 0 Å². The monoisotopic (exact) mass is 284 g/mol. The summed E-state index contributed by atoms with van der Waals surface area (Å²) in [4.78, 5) is 4.40. The lowest BCUT2D eigenvalue weighted by molar-refractivity contribution is 1.31. The van der Waals surface area contributed by atoms with Crippen molar-refractivity contribution in [3.05, 3.63) is 78.5 Å². The van der Waals surface area contributed by atoms with Gasteiger partial charge in [-0.1, -0.05) is 48.5 Å². The Balaban J connectivity index is 2.05. The Morgan fingerprint density at radius 2 is 1.59 bits per heavy atom. The standard InChI is InChI=1S/C20H16N2/c1-14-7-6-10-17-18(14)13-15-8-2-3-9-16(15)20(17)22-19-11-4-5-12-21-19/h2-13H,1H3,(H,21,22). The molecule has 4 rings (SSSR count). The van der Waals surface area contributed by atoms with E-state index in [0.717, 1.165) is 11.5 Å². The van der Waals surface area contributed by atoms with Gasteiger partial charge in [0.15, 0.2) is 0 Å². The van der Waals surface area contributed by atoms with Gasteiger partial charge in [-0.25, -0.2) is 4.98 Å². The third-order valence-electron chi connectivity index (χ3n) is 4.04. The molecule has 1 aromatic heterocycles. The Kier molecular flexibility index (Phi) is 3.01. The second-order valence-corrected chi connectivity index (χ2v) is 5.48. The van der Waals surface area contributed by atoms with E-state index in [9.17, 15) is 0 Å². The number of fused-ring (bicyclic) bond motifs is 2. The van der Waals surface area contributed by atoms with Crippen LogP contribution in [0.5, 0.6) is 0 Å². The van der Waals surface area contributed by atoms with Crippen molar-refractivity contribution in [1.29, 1.82) is 0 Å². The molecule has 1 heterocycles. The van der Waals surface area contributed by atoms with Gasteiger partial charge in [0, 0.05) is 17.0 Å². The topological polar surface area (TPSA) is 24.9 Å². The quantitative estimate of drug-likeness (QED) is 0.496. The molecule has 3 aromatic carbocycles. The fourth-order valence-corrected chi connectivity index (χ4v) is 2.94. The molecule has 4 aromatic rings. The third-order valence-corrected chi connectivity index (χ3v) is 4.04. The summed E-state index contributed by atoms with van der Waals surface area (Å²) in [5.74, 6) is 0.863. The molecule has 0 aliphatic carbocycles. The van der Waals surface area contributed by atoms with Crippen molar-refractivity contribution in [2.45, 2.75) is 6.92 Å². The first-order valence-electron chi connectivity index (χ1n) is 7.42. The third kappa shape index (κ3) is 2.09. The van der Waals surface area contributed by atoms with Gasteiger partial charge < -0.3 is 5.32 Å². The summed E-state index contributed by atoms with van der Waals surface area (Å²) in [6.07, 6.45) is 1.81. The first-order chi connectivity index (χ1) is 10.8. The lowest BCUT2D eigenvalue weighted by Gasteiger charge is -2.14. The number of aromatic nitrogens is 1. The molecule has 1 N–H and O–H groups in total. The minimum atomic E-state index is 0.863. The van der Waals surface area contributed by atoms with Crippen molar-refractivity contribution in [2.24, 2.45) is 0 Å². The Morgan fingerprint density at radius 3 is 2.45 bits per heavy atom. The van der Waals surface area contributed by atoms with Crippen LogP contribution in [0, 0.1) is 6.92 Å². The molecule has 0 aliphatic rings. The lowest BCUT2D eigenvalue weighted by Crippen LogP contribution is -1.95. The predicted molar refractivity (Wildman–Crippen MR) is 93.7 cm³/mol. The molecule has 0 amide bonds. The fourth-order valence-electron chi connectivity index (χ4n) is 2.94. The molecule has 0 bridgehead atoms. The molecule has 2 nitrogen and oxygen atoms in total. The maximum atomic E-state index is 4.40. The van der Waals surface area contributed by atoms with Gasteiger partial charge in [-0.05, 0) is 41.5 Å². The van der Waals surface area contributed by atoms with E-state index < -0.39 is 0 Å². The van der Waals surface area contributed by atoms with Crippen molar-refractivity contribution in [3.8, 4) is 0 Å². The lowest BCUT2D eigenvalue weighted by atomic mass is 9.98. The molecule has 0 spiro atoms. The molecule has 0 atom stereocenters. The molecular weight excluding hydrogens is 268 g/mol. The molecule has 0 fully saturated rings. The molecule has 0 radical (unpaired) electrons. The van der Waals surface area contributed by atoms with Gasteiger partial charge >= 0.3 is 0 Å². The first kappa shape index (κ1) is 12.8. The number of aryl methyl sites for hydroxylation is 1. The second-order valence-electron chi connectivity index (χ2n) is 5.48. The zero-order valence-electron chi connectivity index (χ0n) is 12.4. The molecular formula is C20H16N2. The van der Waals surface area contributed by atoms with Gasteiger partial charge in [0.25, 0.3) is 0 Å². The second kappa shape index (κ2) is 5.15. The number of anilines is 2. The number of pyridine rings is 1. The van der Waals surface area contributed by atoms with Crippen LogP contribution in [0.1, 0.15) is 5.56 Å². The molecule has 2 heteroatoms. The first-order valence-corrected chi connectivity index (χ1v) is 7.42. The van der Waals surface area contributed by atoms with Gasteiger partial charge in [0.1, 0.15) is 5.82 Å². The highest BCUT2D eigenvalue weighted by atomic mass is 15.0. The Bertz CT molecular complexity index is 959. The van der Waals surface area contributed by atoms with Crippen LogP contribution in [0.2, 0.25) is 0 Å². The summed E-state index contributed by atoms with van der Waals surface area (Å²) >= 11 is 0. The zero-order chi connectivity index (χ0) is 14.9. The maximum absolute atomic E-state index is 4.40. The summed E-state index contributed by atoms with van der Waals surface area (Å²) in [5, 5.41) is 8.46. The van der Waals surface area contributed by atoms with Crippen LogP contribution in [0.15, 0.2) is 72.9 Å². The van der Waals surface area contributed by atoms with Gasteiger partial charge in [-0.3, -0.25) is 0 Å². The van der Waals surface area contributed by atoms with E-state index in [0.29, 0.717) is 0 Å². The normalized spacial score (nSPS) is 11.0. The minimum absolute atomic E-state index is 0.863. The van der Waals surface area contributed by atoms with Crippen LogP contribution in [-0.4, -0.2) is 4.98 Å². The van der Waals surface area contributed by atoms with E-state index in [1.165, 1.54) is 27.1 Å². The summed E-state index contributed by atoms with van der Waals surface area (Å²) < 4.78 is 0. The number of hydrogen-bond donors (Lipinski definition) is 1. The Labute approximate surface area is 129 Å². The van der Waals surface area contributed by atoms with Crippen molar-refractivity contribution < 1.29 is 0 Å². The van der Waals surface area contributed by atoms with Crippen LogP contribution in [-0.2, 0) is 0 Å². The van der Waals surface area contributed by atoms with Crippen LogP contribution in [0.25, 0.3) is 21.5 Å². The molecule has 0 aliphatic heterocycles. The molecule has 0 unspecified atom stereocenters. The van der Waals surface area contributed by atoms with Gasteiger partial charge in [-0.15, -0.1) is 0 Å². The van der Waals surface area contributed by atoms with Gasteiger partial charge in [0.2, 0.25) is 0 Å². The smallest absolute Gasteiger partial charge is 0.130 e. The summed E-state index contributed by atoms with van der Waals surface area (Å²) in [7, 11) is 0. The van der Waals surface area contributed by atoms with Crippen LogP contribution >= 0.6 is 0 Å². The van der Waals surface area contributed by atoms with Crippen molar-refractivity contribution in [3.63, 3.8) is 0 Å². The van der Waals surface area contributed by atoms with E-state index in [-0.39, 0.29) is 0 Å². The van der Waals surface area contributed by atoms with E-state index in [4.69, 9.17) is 0 Å². The molecule has 22 heavy (non-hydrogen) atoms. The Hall–Kier alpha value is -2.87. The van der Waals surface area contributed by atoms with E-state index in [1.807, 2.05) is 18.2 Å². The van der Waals surface area contributed by atoms with Crippen molar-refractivity contribution in [1.82, 2.24) is 4.98 Å². The summed E-state index contributed by atoms with van der Waals surface area (Å²) in [6.45, 7) is 2.15. The Morgan fingerprint density at radius 1 is 0.773 bits per heavy atom. The van der Waals surface area contributed by atoms with Crippen LogP contribution < -0.4 is 5.32 Å². The van der Waals surface area contributed by atoms with Crippen LogP contribution in [0.4, 0.5) is 11.5 Å². The maximum Gasteiger partial charge on any atom is 0.130 e. The average molecular weight is 284 g/mol. The number of rotatable bonds is 2. The predicted octanol–water partition coefficient (Wildman–Crippen LogP) is 5.44. The number of nitrogens with zero attached hydrogens (tertiary/aromatic N) is 1. The van der Waals surface area contributed by atoms with Crippen molar-refractivity contribution >= 4 is 33.1 Å². The summed E-state index contributed by atoms with van der Waals surface area (Å²) in [5.41, 5.74) is 2.41.